The number of thiol groups is 1. The maximum Gasteiger partial charge on any atom is 0.412 e. The second-order valence-electron chi connectivity index (χ2n) is 5.18. The van der Waals surface area contributed by atoms with Crippen molar-refractivity contribution >= 4 is 53.0 Å². The van der Waals surface area contributed by atoms with E-state index >= 15 is 0 Å². The number of benzene rings is 1. The molecule has 0 atom stereocenters. The van der Waals surface area contributed by atoms with E-state index in [9.17, 15) is 9.59 Å². The van der Waals surface area contributed by atoms with E-state index in [0.29, 0.717) is 17.0 Å². The van der Waals surface area contributed by atoms with E-state index < -0.39 is 17.7 Å². The highest BCUT2D eigenvalue weighted by Crippen LogP contribution is 2.21. The second-order valence-corrected chi connectivity index (χ2v) is 6.79. The summed E-state index contributed by atoms with van der Waals surface area (Å²) in [5.74, 6) is 0.0620. The van der Waals surface area contributed by atoms with Crippen LogP contribution in [0.4, 0.5) is 10.5 Å². The van der Waals surface area contributed by atoms with Gasteiger partial charge in [0.1, 0.15) is 12.2 Å². The van der Waals surface area contributed by atoms with Gasteiger partial charge in [-0.15, -0.1) is 0 Å². The molecule has 7 heteroatoms. The van der Waals surface area contributed by atoms with Gasteiger partial charge in [0, 0.05) is 9.32 Å². The van der Waals surface area contributed by atoms with Crippen LogP contribution in [0.1, 0.15) is 31.1 Å². The van der Waals surface area contributed by atoms with Gasteiger partial charge in [0.15, 0.2) is 0 Å². The van der Waals surface area contributed by atoms with Crippen molar-refractivity contribution in [3.63, 3.8) is 0 Å². The molecule has 0 aliphatic carbocycles. The first kappa shape index (κ1) is 18.1. The monoisotopic (exact) mass is 423 g/mol. The first-order chi connectivity index (χ1) is 9.73. The van der Waals surface area contributed by atoms with Crippen LogP contribution in [-0.4, -0.2) is 30.0 Å². The molecule has 1 rings (SSSR count). The fraction of sp³-hybridized carbons (Fsp3) is 0.429. The molecule has 0 aromatic heterocycles. The molecule has 0 aliphatic heterocycles. The molecule has 1 aromatic carbocycles. The van der Waals surface area contributed by atoms with E-state index in [4.69, 9.17) is 9.47 Å². The zero-order valence-corrected chi connectivity index (χ0v) is 15.2. The lowest BCUT2D eigenvalue weighted by molar-refractivity contribution is 0.0530. The van der Waals surface area contributed by atoms with Crippen molar-refractivity contribution in [3.8, 4) is 0 Å². The third kappa shape index (κ3) is 6.56. The van der Waals surface area contributed by atoms with E-state index in [1.54, 1.807) is 39.0 Å². The number of hydrogen-bond acceptors (Lipinski definition) is 5. The van der Waals surface area contributed by atoms with Crippen molar-refractivity contribution in [3.05, 3.63) is 27.3 Å². The minimum atomic E-state index is -0.563. The highest BCUT2D eigenvalue weighted by atomic mass is 127. The summed E-state index contributed by atoms with van der Waals surface area (Å²) in [4.78, 5) is 23.4. The molecule has 21 heavy (non-hydrogen) atoms. The molecule has 0 saturated carbocycles. The van der Waals surface area contributed by atoms with Crippen molar-refractivity contribution < 1.29 is 19.1 Å². The summed E-state index contributed by atoms with van der Waals surface area (Å²) in [5.41, 5.74) is 0.443. The highest BCUT2D eigenvalue weighted by molar-refractivity contribution is 14.1. The molecule has 1 N–H and O–H groups in total. The van der Waals surface area contributed by atoms with Gasteiger partial charge in [-0.2, -0.15) is 12.6 Å². The molecule has 0 bridgehead atoms. The molecule has 0 aliphatic rings. The van der Waals surface area contributed by atoms with Crippen LogP contribution in [0.2, 0.25) is 0 Å². The van der Waals surface area contributed by atoms with Crippen LogP contribution >= 0.6 is 35.2 Å². The Morgan fingerprint density at radius 3 is 2.52 bits per heavy atom. The summed E-state index contributed by atoms with van der Waals surface area (Å²) in [7, 11) is 0. The third-order valence-electron chi connectivity index (χ3n) is 2.16. The normalized spacial score (nSPS) is 10.9. The van der Waals surface area contributed by atoms with Gasteiger partial charge in [-0.05, 0) is 61.6 Å². The van der Waals surface area contributed by atoms with Crippen LogP contribution in [0, 0.1) is 3.57 Å². The largest absolute Gasteiger partial charge is 0.461 e. The maximum atomic E-state index is 11.7. The lowest BCUT2D eigenvalue weighted by Crippen LogP contribution is -2.27. The highest BCUT2D eigenvalue weighted by Gasteiger charge is 2.17. The number of rotatable bonds is 4. The van der Waals surface area contributed by atoms with Crippen LogP contribution in [0.25, 0.3) is 0 Å². The first-order valence-corrected chi connectivity index (χ1v) is 8.01. The van der Waals surface area contributed by atoms with Gasteiger partial charge in [0.2, 0.25) is 0 Å². The van der Waals surface area contributed by atoms with Crippen molar-refractivity contribution in [2.75, 3.05) is 17.7 Å². The Kier molecular flexibility index (Phi) is 6.79. The Morgan fingerprint density at radius 2 is 2.00 bits per heavy atom. The molecule has 0 radical (unpaired) electrons. The Labute approximate surface area is 143 Å². The standard InChI is InChI=1S/C14H18INO4S/c1-14(2,3)20-13(18)16-11-5-4-9(8-10(11)15)12(17)19-6-7-21/h4-5,8,21H,6-7H2,1-3H3,(H,16,18). The Morgan fingerprint density at radius 1 is 1.33 bits per heavy atom. The summed E-state index contributed by atoms with van der Waals surface area (Å²) in [6, 6.07) is 4.88. The summed E-state index contributed by atoms with van der Waals surface area (Å²) in [6.07, 6.45) is -0.536. The molecular formula is C14H18INO4S. The molecule has 5 nitrogen and oxygen atoms in total. The minimum absolute atomic E-state index is 0.260. The van der Waals surface area contributed by atoms with Gasteiger partial charge in [-0.25, -0.2) is 9.59 Å². The van der Waals surface area contributed by atoms with E-state index in [2.05, 4.69) is 17.9 Å². The predicted molar refractivity (Wildman–Crippen MR) is 93.2 cm³/mol. The number of carbonyl (C=O) groups is 2. The van der Waals surface area contributed by atoms with Crippen LogP contribution in [0.5, 0.6) is 0 Å². The van der Waals surface area contributed by atoms with E-state index in [1.807, 2.05) is 22.6 Å². The molecule has 1 amide bonds. The van der Waals surface area contributed by atoms with Crippen molar-refractivity contribution in [1.29, 1.82) is 0 Å². The van der Waals surface area contributed by atoms with Crippen LogP contribution < -0.4 is 5.32 Å². The SMILES string of the molecule is CC(C)(C)OC(=O)Nc1ccc(C(=O)OCCS)cc1I. The summed E-state index contributed by atoms with van der Waals surface area (Å²) < 4.78 is 10.9. The van der Waals surface area contributed by atoms with Gasteiger partial charge >= 0.3 is 12.1 Å². The number of carbonyl (C=O) groups excluding carboxylic acids is 2. The van der Waals surface area contributed by atoms with Gasteiger partial charge in [-0.3, -0.25) is 5.32 Å². The van der Waals surface area contributed by atoms with E-state index in [0.717, 1.165) is 3.57 Å². The summed E-state index contributed by atoms with van der Waals surface area (Å²) in [5, 5.41) is 2.64. The van der Waals surface area contributed by atoms with Gasteiger partial charge in [0.25, 0.3) is 0 Å². The number of anilines is 1. The predicted octanol–water partition coefficient (Wildman–Crippen LogP) is 3.72. The van der Waals surface area contributed by atoms with E-state index in [-0.39, 0.29) is 6.61 Å². The van der Waals surface area contributed by atoms with Crippen LogP contribution in [0.15, 0.2) is 18.2 Å². The van der Waals surface area contributed by atoms with Crippen molar-refractivity contribution in [2.45, 2.75) is 26.4 Å². The zero-order valence-electron chi connectivity index (χ0n) is 12.1. The number of hydrogen-bond donors (Lipinski definition) is 2. The topological polar surface area (TPSA) is 64.6 Å². The van der Waals surface area contributed by atoms with Gasteiger partial charge in [0.05, 0.1) is 11.3 Å². The lowest BCUT2D eigenvalue weighted by Gasteiger charge is -2.20. The fourth-order valence-electron chi connectivity index (χ4n) is 1.38. The number of ether oxygens (including phenoxy) is 2. The van der Waals surface area contributed by atoms with E-state index in [1.165, 1.54) is 0 Å². The lowest BCUT2D eigenvalue weighted by atomic mass is 10.2. The third-order valence-corrected chi connectivity index (χ3v) is 3.24. The summed E-state index contributed by atoms with van der Waals surface area (Å²) >= 11 is 6.01. The molecular weight excluding hydrogens is 405 g/mol. The molecule has 1 aromatic rings. The minimum Gasteiger partial charge on any atom is -0.461 e. The maximum absolute atomic E-state index is 11.7. The molecule has 0 unspecified atom stereocenters. The quantitative estimate of drug-likeness (QED) is 0.440. The second kappa shape index (κ2) is 7.88. The number of halogens is 1. The first-order valence-electron chi connectivity index (χ1n) is 6.30. The number of esters is 1. The molecule has 0 saturated heterocycles. The smallest absolute Gasteiger partial charge is 0.412 e. The Bertz CT molecular complexity index is 528. The molecule has 0 fully saturated rings. The van der Waals surface area contributed by atoms with Crippen LogP contribution in [-0.2, 0) is 9.47 Å². The number of nitrogens with one attached hydrogen (secondary N) is 1. The van der Waals surface area contributed by atoms with Crippen molar-refractivity contribution in [2.24, 2.45) is 0 Å². The fourth-order valence-corrected chi connectivity index (χ4v) is 2.12. The van der Waals surface area contributed by atoms with Gasteiger partial charge < -0.3 is 9.47 Å². The number of amides is 1. The molecule has 0 heterocycles. The Balaban J connectivity index is 2.74. The average molecular weight is 423 g/mol. The molecule has 0 spiro atoms. The Hall–Kier alpha value is -0.960. The average Bonchev–Trinajstić information content (AvgIpc) is 2.36. The summed E-state index contributed by atoms with van der Waals surface area (Å²) in [6.45, 7) is 5.63. The molecule has 116 valence electrons. The van der Waals surface area contributed by atoms with Crippen molar-refractivity contribution in [1.82, 2.24) is 0 Å². The zero-order chi connectivity index (χ0) is 16.0. The van der Waals surface area contributed by atoms with Crippen LogP contribution in [0.3, 0.4) is 0 Å². The van der Waals surface area contributed by atoms with Gasteiger partial charge in [-0.1, -0.05) is 0 Å².